The Labute approximate surface area is 435 Å². The molecule has 1 aliphatic rings. The van der Waals surface area contributed by atoms with E-state index in [9.17, 15) is 52.7 Å². The average Bonchev–Trinajstić information content (AvgIpc) is 3.26. The van der Waals surface area contributed by atoms with Crippen molar-refractivity contribution in [3.63, 3.8) is 0 Å². The predicted octanol–water partition coefficient (Wildman–Crippen LogP) is 1.59. The maximum Gasteiger partial charge on any atom is 0.407 e. The summed E-state index contributed by atoms with van der Waals surface area (Å²) in [6.07, 6.45) is 0.408. The lowest BCUT2D eigenvalue weighted by atomic mass is 10.0. The number of alkyl carbamates (subject to hydrolysis) is 3. The maximum absolute atomic E-state index is 14.3. The average molecular weight is 1050 g/mol. The summed E-state index contributed by atoms with van der Waals surface area (Å²) >= 11 is 0. The summed E-state index contributed by atoms with van der Waals surface area (Å²) in [7, 11) is 0. The predicted molar refractivity (Wildman–Crippen MR) is 272 cm³/mol. The van der Waals surface area contributed by atoms with Crippen molar-refractivity contribution in [1.82, 2.24) is 53.2 Å². The minimum atomic E-state index is -1.30. The Morgan fingerprint density at radius 1 is 0.405 bits per heavy atom. The molecule has 6 atom stereocenters. The Morgan fingerprint density at radius 2 is 0.662 bits per heavy atom. The number of unbranched alkanes of at least 4 members (excludes halogenated alkanes) is 4. The number of hydrogen-bond donors (Lipinski definition) is 11. The number of amides is 11. The highest BCUT2D eigenvalue weighted by Gasteiger charge is 2.33. The zero-order chi connectivity index (χ0) is 56.2. The van der Waals surface area contributed by atoms with E-state index < -0.39 is 119 Å². The fourth-order valence-electron chi connectivity index (χ4n) is 6.93. The highest BCUT2D eigenvalue weighted by Crippen LogP contribution is 2.12. The van der Waals surface area contributed by atoms with Gasteiger partial charge in [0.1, 0.15) is 53.1 Å². The molecule has 0 aliphatic carbocycles. The third-order valence-electron chi connectivity index (χ3n) is 10.6. The Kier molecular flexibility index (Phi) is 29.0. The lowest BCUT2D eigenvalue weighted by Gasteiger charge is -2.28. The van der Waals surface area contributed by atoms with Gasteiger partial charge < -0.3 is 73.1 Å². The number of hydrogen-bond acceptors (Lipinski definition) is 14. The van der Waals surface area contributed by atoms with Gasteiger partial charge in [0.15, 0.2) is 0 Å². The van der Waals surface area contributed by atoms with Crippen LogP contribution in [0, 0.1) is 0 Å². The Morgan fingerprint density at radius 3 is 0.932 bits per heavy atom. The van der Waals surface area contributed by atoms with Gasteiger partial charge in [-0.1, -0.05) is 0 Å². The molecule has 0 radical (unpaired) electrons. The molecule has 0 spiro atoms. The van der Waals surface area contributed by atoms with E-state index >= 15 is 0 Å². The molecule has 1 rings (SSSR count). The van der Waals surface area contributed by atoms with Crippen molar-refractivity contribution >= 4 is 65.5 Å². The molecule has 12 N–H and O–H groups in total. The summed E-state index contributed by atoms with van der Waals surface area (Å²) in [4.78, 5) is 144. The van der Waals surface area contributed by atoms with Gasteiger partial charge in [0.2, 0.25) is 47.3 Å². The van der Waals surface area contributed by atoms with Gasteiger partial charge >= 0.3 is 18.3 Å². The van der Waals surface area contributed by atoms with E-state index in [4.69, 9.17) is 19.9 Å². The molecule has 1 heterocycles. The minimum Gasteiger partial charge on any atom is -0.444 e. The van der Waals surface area contributed by atoms with Crippen molar-refractivity contribution in [2.45, 2.75) is 219 Å². The molecular weight excluding hydrogens is 967 g/mol. The molecule has 1 aliphatic heterocycles. The first kappa shape index (κ1) is 65.6. The van der Waals surface area contributed by atoms with E-state index in [1.54, 1.807) is 62.3 Å². The van der Waals surface area contributed by atoms with Gasteiger partial charge in [0, 0.05) is 39.0 Å². The van der Waals surface area contributed by atoms with Gasteiger partial charge in [-0.15, -0.1) is 0 Å². The van der Waals surface area contributed by atoms with Crippen LogP contribution in [0.2, 0.25) is 0 Å². The molecule has 0 saturated carbocycles. The number of nitrogens with one attached hydrogen (secondary N) is 10. The van der Waals surface area contributed by atoms with Gasteiger partial charge in [-0.25, -0.2) is 14.4 Å². The standard InChI is InChI=1S/C49H87N11O14/c1-30-38(63)57-32(20-13-17-27-52-44(69)72-47(3,4)5)40(65)55-31(2)39(64)58-34(22-15-19-29-54-46(71)74-49(9,10)11)42(67)60-35(23-12-16-26-51-37(62)25-24-36(50)61)43(68)59-33(41(66)56-30)21-14-18-28-53-45(70)73-48(6,7)8/h30-35H,12-29H2,1-11H3,(H2,50,61)(H,51,62)(H,52,69)(H,53,70)(H,54,71)(H,55,65)(H,56,66)(H,57,63)(H,58,64)(H,59,68)(H,60,67)/t30-,31-,32+,33+,34+,35-/m1/s1. The second kappa shape index (κ2) is 32.7. The van der Waals surface area contributed by atoms with Crippen LogP contribution in [-0.2, 0) is 52.6 Å². The fraction of sp³-hybridized carbons (Fsp3) is 0.776. The molecule has 0 unspecified atom stereocenters. The zero-order valence-electron chi connectivity index (χ0n) is 45.5. The summed E-state index contributed by atoms with van der Waals surface area (Å²) < 4.78 is 15.8. The van der Waals surface area contributed by atoms with Gasteiger partial charge in [0.05, 0.1) is 0 Å². The molecular formula is C49H87N11O14. The van der Waals surface area contributed by atoms with Gasteiger partial charge in [-0.3, -0.25) is 38.4 Å². The molecule has 0 aromatic carbocycles. The molecule has 74 heavy (non-hydrogen) atoms. The first-order chi connectivity index (χ1) is 34.3. The van der Waals surface area contributed by atoms with Gasteiger partial charge in [-0.05, 0) is 153 Å². The summed E-state index contributed by atoms with van der Waals surface area (Å²) in [5.41, 5.74) is 2.96. The van der Waals surface area contributed by atoms with E-state index in [2.05, 4.69) is 53.2 Å². The van der Waals surface area contributed by atoms with E-state index in [1.807, 2.05) is 0 Å². The van der Waals surface area contributed by atoms with Crippen molar-refractivity contribution < 1.29 is 67.0 Å². The van der Waals surface area contributed by atoms with Crippen LogP contribution in [-0.4, -0.2) is 145 Å². The number of rotatable bonds is 23. The van der Waals surface area contributed by atoms with E-state index in [1.165, 1.54) is 13.8 Å². The van der Waals surface area contributed by atoms with Gasteiger partial charge in [0.25, 0.3) is 0 Å². The Bertz CT molecular complexity index is 1860. The van der Waals surface area contributed by atoms with Crippen LogP contribution in [0.4, 0.5) is 14.4 Å². The van der Waals surface area contributed by atoms with E-state index in [-0.39, 0.29) is 84.0 Å². The lowest BCUT2D eigenvalue weighted by molar-refractivity contribution is -0.136. The number of ether oxygens (including phenoxy) is 3. The first-order valence-corrected chi connectivity index (χ1v) is 25.6. The molecule has 0 aromatic rings. The number of carbonyl (C=O) groups is 11. The van der Waals surface area contributed by atoms with Gasteiger partial charge in [-0.2, -0.15) is 0 Å². The molecule has 422 valence electrons. The van der Waals surface area contributed by atoms with E-state index in [0.29, 0.717) is 32.1 Å². The van der Waals surface area contributed by atoms with Crippen molar-refractivity contribution in [2.75, 3.05) is 26.2 Å². The van der Waals surface area contributed by atoms with Crippen LogP contribution in [0.1, 0.15) is 166 Å². The third kappa shape index (κ3) is 31.2. The van der Waals surface area contributed by atoms with Crippen LogP contribution >= 0.6 is 0 Å². The molecule has 0 aromatic heterocycles. The van der Waals surface area contributed by atoms with Crippen molar-refractivity contribution in [3.05, 3.63) is 0 Å². The summed E-state index contributed by atoms with van der Waals surface area (Å²) in [5.74, 6) is -5.63. The largest absolute Gasteiger partial charge is 0.444 e. The molecule has 11 amide bonds. The third-order valence-corrected chi connectivity index (χ3v) is 10.6. The summed E-state index contributed by atoms with van der Waals surface area (Å²) in [6.45, 7) is 18.9. The van der Waals surface area contributed by atoms with Crippen LogP contribution in [0.3, 0.4) is 0 Å². The summed E-state index contributed by atoms with van der Waals surface area (Å²) in [5, 5.41) is 26.6. The molecule has 1 fully saturated rings. The Balaban J connectivity index is 3.58. The minimum absolute atomic E-state index is 0.00687. The monoisotopic (exact) mass is 1050 g/mol. The van der Waals surface area contributed by atoms with Crippen molar-refractivity contribution in [1.29, 1.82) is 0 Å². The molecule has 1 saturated heterocycles. The normalized spacial score (nSPS) is 20.6. The highest BCUT2D eigenvalue weighted by molar-refractivity contribution is 5.98. The molecule has 25 nitrogen and oxygen atoms in total. The fourth-order valence-corrected chi connectivity index (χ4v) is 6.93. The second-order valence-electron chi connectivity index (χ2n) is 21.3. The van der Waals surface area contributed by atoms with Crippen LogP contribution < -0.4 is 58.9 Å². The topological polar surface area (TPSA) is 362 Å². The second-order valence-corrected chi connectivity index (χ2v) is 21.3. The first-order valence-electron chi connectivity index (χ1n) is 25.6. The summed E-state index contributed by atoms with van der Waals surface area (Å²) in [6, 6.07) is -7.62. The highest BCUT2D eigenvalue weighted by atomic mass is 16.6. The van der Waals surface area contributed by atoms with Crippen molar-refractivity contribution in [2.24, 2.45) is 5.73 Å². The Hall–Kier alpha value is -6.43. The number of carbonyl (C=O) groups excluding carboxylic acids is 11. The van der Waals surface area contributed by atoms with Crippen molar-refractivity contribution in [3.8, 4) is 0 Å². The number of primary amides is 1. The van der Waals surface area contributed by atoms with Crippen LogP contribution in [0.25, 0.3) is 0 Å². The SMILES string of the molecule is C[C@H]1NC(=O)[C@H](CCCCNC(=O)OC(C)(C)C)NC(=O)[C@@H](CCCCNC(=O)CCC(N)=O)NC(=O)[C@H](CCCCNC(=O)OC(C)(C)C)NC(=O)[C@@H](C)NC(=O)[C@H](CCCCNC(=O)OC(C)(C)C)NC1=O. The smallest absolute Gasteiger partial charge is 0.407 e. The van der Waals surface area contributed by atoms with E-state index in [0.717, 1.165) is 0 Å². The number of nitrogens with two attached hydrogens (primary N) is 1. The quantitative estimate of drug-likeness (QED) is 0.0512. The lowest BCUT2D eigenvalue weighted by Crippen LogP contribution is -2.60. The zero-order valence-corrected chi connectivity index (χ0v) is 45.5. The van der Waals surface area contributed by atoms with Crippen LogP contribution in [0.5, 0.6) is 0 Å². The van der Waals surface area contributed by atoms with Crippen LogP contribution in [0.15, 0.2) is 0 Å². The maximum atomic E-state index is 14.3. The molecule has 0 bridgehead atoms. The molecule has 25 heteroatoms.